The Morgan fingerprint density at radius 3 is 2.74 bits per heavy atom. The van der Waals surface area contributed by atoms with E-state index < -0.39 is 5.41 Å². The fourth-order valence-corrected chi connectivity index (χ4v) is 2.83. The second-order valence-electron chi connectivity index (χ2n) is 4.60. The van der Waals surface area contributed by atoms with Crippen molar-refractivity contribution in [3.8, 4) is 0 Å². The first-order valence-corrected chi connectivity index (χ1v) is 7.51. The Hall–Kier alpha value is -1.35. The quantitative estimate of drug-likeness (QED) is 0.619. The van der Waals surface area contributed by atoms with Gasteiger partial charge in [-0.2, -0.15) is 0 Å². The van der Waals surface area contributed by atoms with Crippen molar-refractivity contribution >= 4 is 27.5 Å². The first-order chi connectivity index (χ1) is 9.22. The monoisotopic (exact) mass is 320 g/mol. The number of rotatable bonds is 4. The molecule has 0 amide bonds. The van der Waals surface area contributed by atoms with Crippen LogP contribution in [0.5, 0.6) is 0 Å². The molecule has 2 nitrogen and oxygen atoms in total. The lowest BCUT2D eigenvalue weighted by molar-refractivity contribution is -0.151. The van der Waals surface area contributed by atoms with E-state index in [1.54, 1.807) is 0 Å². The molecule has 0 N–H and O–H groups in total. The summed E-state index contributed by atoms with van der Waals surface area (Å²) in [5, 5.41) is 0.569. The summed E-state index contributed by atoms with van der Waals surface area (Å²) in [5.41, 5.74) is 1.73. The second kappa shape index (κ2) is 6.20. The van der Waals surface area contributed by atoms with Gasteiger partial charge in [-0.15, -0.1) is 0 Å². The minimum absolute atomic E-state index is 0.162. The topological polar surface area (TPSA) is 26.3 Å². The average molecular weight is 321 g/mol. The van der Waals surface area contributed by atoms with Crippen molar-refractivity contribution in [3.63, 3.8) is 0 Å². The number of alkyl halides is 1. The summed E-state index contributed by atoms with van der Waals surface area (Å²) in [5.74, 6) is -0.162. The zero-order valence-electron chi connectivity index (χ0n) is 10.9. The molecular weight excluding hydrogens is 304 g/mol. The molecule has 0 radical (unpaired) electrons. The number of benzene rings is 1. The molecule has 0 aliphatic heterocycles. The highest BCUT2D eigenvalue weighted by atomic mass is 79.9. The zero-order chi connectivity index (χ0) is 13.7. The Balaban J connectivity index is 2.26. The molecule has 0 saturated carbocycles. The Morgan fingerprint density at radius 1 is 1.37 bits per heavy atom. The summed E-state index contributed by atoms with van der Waals surface area (Å²) in [7, 11) is 0. The smallest absolute Gasteiger partial charge is 0.317 e. The minimum Gasteiger partial charge on any atom is -0.465 e. The van der Waals surface area contributed by atoms with Gasteiger partial charge in [-0.3, -0.25) is 4.79 Å². The van der Waals surface area contributed by atoms with E-state index in [0.717, 1.165) is 11.1 Å². The summed E-state index contributed by atoms with van der Waals surface area (Å²) in [6.45, 7) is 2.24. The van der Waals surface area contributed by atoms with Crippen LogP contribution in [0.1, 0.15) is 18.9 Å². The van der Waals surface area contributed by atoms with Crippen LogP contribution in [0.2, 0.25) is 0 Å². The van der Waals surface area contributed by atoms with Crippen molar-refractivity contribution < 1.29 is 9.53 Å². The molecule has 1 unspecified atom stereocenters. The number of ether oxygens (including phenoxy) is 1. The van der Waals surface area contributed by atoms with Gasteiger partial charge in [0.2, 0.25) is 0 Å². The van der Waals surface area contributed by atoms with Crippen LogP contribution in [0.4, 0.5) is 0 Å². The highest BCUT2D eigenvalue weighted by Gasteiger charge is 2.38. The van der Waals surface area contributed by atoms with E-state index in [9.17, 15) is 4.79 Å². The number of carbonyl (C=O) groups is 1. The number of hydrogen-bond acceptors (Lipinski definition) is 2. The number of halogens is 1. The molecule has 1 aromatic carbocycles. The first-order valence-electron chi connectivity index (χ1n) is 6.39. The lowest BCUT2D eigenvalue weighted by Crippen LogP contribution is -2.34. The predicted molar refractivity (Wildman–Crippen MR) is 81.0 cm³/mol. The van der Waals surface area contributed by atoms with Crippen molar-refractivity contribution in [1.82, 2.24) is 0 Å². The van der Waals surface area contributed by atoms with Crippen LogP contribution in [-0.4, -0.2) is 17.9 Å². The maximum absolute atomic E-state index is 12.2. The summed E-state index contributed by atoms with van der Waals surface area (Å²) in [6.07, 6.45) is 6.61. The zero-order valence-corrected chi connectivity index (χ0v) is 12.5. The SMILES string of the molecule is CCOC(=O)C1(CBr)C=CC=C(c2ccccc2)C1. The molecule has 0 saturated heterocycles. The van der Waals surface area contributed by atoms with Crippen LogP contribution in [0.15, 0.2) is 48.6 Å². The molecule has 1 aliphatic carbocycles. The van der Waals surface area contributed by atoms with Gasteiger partial charge >= 0.3 is 5.97 Å². The molecule has 0 spiro atoms. The fourth-order valence-electron chi connectivity index (χ4n) is 2.22. The largest absolute Gasteiger partial charge is 0.465 e. The molecule has 0 fully saturated rings. The van der Waals surface area contributed by atoms with Crippen molar-refractivity contribution in [2.75, 3.05) is 11.9 Å². The maximum atomic E-state index is 12.2. The minimum atomic E-state index is -0.587. The van der Waals surface area contributed by atoms with E-state index in [0.29, 0.717) is 18.4 Å². The van der Waals surface area contributed by atoms with Crippen LogP contribution in [0.25, 0.3) is 5.57 Å². The molecule has 0 heterocycles. The second-order valence-corrected chi connectivity index (χ2v) is 5.16. The lowest BCUT2D eigenvalue weighted by Gasteiger charge is -2.29. The van der Waals surface area contributed by atoms with Crippen molar-refractivity contribution in [1.29, 1.82) is 0 Å². The number of allylic oxidation sites excluding steroid dienone is 3. The summed E-state index contributed by atoms with van der Waals surface area (Å²) in [6, 6.07) is 10.1. The number of hydrogen-bond donors (Lipinski definition) is 0. The van der Waals surface area contributed by atoms with E-state index in [1.807, 2.05) is 37.3 Å². The third-order valence-corrected chi connectivity index (χ3v) is 4.28. The molecule has 1 aliphatic rings. The molecule has 0 aromatic heterocycles. The van der Waals surface area contributed by atoms with E-state index in [4.69, 9.17) is 4.74 Å². The van der Waals surface area contributed by atoms with Crippen LogP contribution in [-0.2, 0) is 9.53 Å². The standard InChI is InChI=1S/C16H17BrO2/c1-2-19-15(18)16(12-17)10-6-9-14(11-16)13-7-4-3-5-8-13/h3-10H,2,11-12H2,1H3. The molecule has 19 heavy (non-hydrogen) atoms. The van der Waals surface area contributed by atoms with Crippen LogP contribution in [0.3, 0.4) is 0 Å². The molecule has 100 valence electrons. The maximum Gasteiger partial charge on any atom is 0.317 e. The van der Waals surface area contributed by atoms with Gasteiger partial charge < -0.3 is 4.74 Å². The highest BCUT2D eigenvalue weighted by molar-refractivity contribution is 9.09. The number of carbonyl (C=O) groups excluding carboxylic acids is 1. The van der Waals surface area contributed by atoms with E-state index in [-0.39, 0.29) is 5.97 Å². The molecule has 0 bridgehead atoms. The Bertz CT molecular complexity index is 505. The van der Waals surface area contributed by atoms with E-state index >= 15 is 0 Å². The Morgan fingerprint density at radius 2 is 2.11 bits per heavy atom. The van der Waals surface area contributed by atoms with Gasteiger partial charge in [0.25, 0.3) is 0 Å². The van der Waals surface area contributed by atoms with Gasteiger partial charge in [0.15, 0.2) is 0 Å². The summed E-state index contributed by atoms with van der Waals surface area (Å²) < 4.78 is 5.21. The number of esters is 1. The lowest BCUT2D eigenvalue weighted by atomic mass is 9.78. The normalized spacial score (nSPS) is 21.9. The van der Waals surface area contributed by atoms with Crippen molar-refractivity contribution in [2.24, 2.45) is 5.41 Å². The van der Waals surface area contributed by atoms with Gasteiger partial charge in [-0.1, -0.05) is 64.5 Å². The van der Waals surface area contributed by atoms with Crippen molar-refractivity contribution in [3.05, 3.63) is 54.1 Å². The van der Waals surface area contributed by atoms with Gasteiger partial charge in [0, 0.05) is 5.33 Å². The molecular formula is C16H17BrO2. The average Bonchev–Trinajstić information content (AvgIpc) is 2.48. The van der Waals surface area contributed by atoms with E-state index in [1.165, 1.54) is 0 Å². The highest BCUT2D eigenvalue weighted by Crippen LogP contribution is 2.38. The summed E-state index contributed by atoms with van der Waals surface area (Å²) >= 11 is 3.46. The van der Waals surface area contributed by atoms with Crippen molar-refractivity contribution in [2.45, 2.75) is 13.3 Å². The fraction of sp³-hybridized carbons (Fsp3) is 0.312. The van der Waals surface area contributed by atoms with Gasteiger partial charge in [-0.25, -0.2) is 0 Å². The van der Waals surface area contributed by atoms with Gasteiger partial charge in [0.1, 0.15) is 0 Å². The molecule has 2 rings (SSSR count). The first kappa shape index (κ1) is 14.1. The van der Waals surface area contributed by atoms with Crippen LogP contribution in [0, 0.1) is 5.41 Å². The van der Waals surface area contributed by atoms with Crippen LogP contribution >= 0.6 is 15.9 Å². The van der Waals surface area contributed by atoms with E-state index in [2.05, 4.69) is 34.1 Å². The predicted octanol–water partition coefficient (Wildman–Crippen LogP) is 3.97. The van der Waals surface area contributed by atoms with Gasteiger partial charge in [-0.05, 0) is 24.5 Å². The molecule has 3 heteroatoms. The Labute approximate surface area is 122 Å². The van der Waals surface area contributed by atoms with Crippen LogP contribution < -0.4 is 0 Å². The van der Waals surface area contributed by atoms with Gasteiger partial charge in [0.05, 0.1) is 12.0 Å². The molecule has 1 aromatic rings. The third-order valence-electron chi connectivity index (χ3n) is 3.28. The Kier molecular flexibility index (Phi) is 4.59. The third kappa shape index (κ3) is 2.98. The molecule has 1 atom stereocenters. The summed E-state index contributed by atoms with van der Waals surface area (Å²) in [4.78, 5) is 12.2.